The summed E-state index contributed by atoms with van der Waals surface area (Å²) in [4.78, 5) is 0. The molecule has 2 N–H and O–H groups in total. The molecule has 4 heteroatoms. The topological polar surface area (TPSA) is 32.3 Å². The van der Waals surface area contributed by atoms with Crippen molar-refractivity contribution in [2.24, 2.45) is 0 Å². The van der Waals surface area contributed by atoms with Gasteiger partial charge < -0.3 is 10.4 Å². The Labute approximate surface area is 104 Å². The third-order valence-electron chi connectivity index (χ3n) is 2.07. The second-order valence-electron chi connectivity index (χ2n) is 3.55. The normalized spacial score (nSPS) is 12.8. The van der Waals surface area contributed by atoms with Crippen molar-refractivity contribution < 1.29 is 5.11 Å². The maximum Gasteiger partial charge on any atom is 0.0524 e. The molecule has 0 radical (unpaired) electrons. The molecule has 1 aromatic rings. The largest absolute Gasteiger partial charge is 0.393 e. The maximum atomic E-state index is 9.07. The molecule has 15 heavy (non-hydrogen) atoms. The van der Waals surface area contributed by atoms with E-state index in [0.29, 0.717) is 0 Å². The summed E-state index contributed by atoms with van der Waals surface area (Å²) < 4.78 is 0.986. The van der Waals surface area contributed by atoms with Gasteiger partial charge >= 0.3 is 0 Å². The standard InChI is InChI=1S/C11H15BrClNO/c1-8(15)4-5-14-7-9-2-3-10(12)6-11(9)13/h2-3,6,8,14-15H,4-5,7H2,1H3/t8-/m0/s1. The van der Waals surface area contributed by atoms with E-state index in [1.165, 1.54) is 0 Å². The molecule has 0 saturated heterocycles. The van der Waals surface area contributed by atoms with Crippen LogP contribution in [0.3, 0.4) is 0 Å². The minimum atomic E-state index is -0.252. The quantitative estimate of drug-likeness (QED) is 0.818. The first-order chi connectivity index (χ1) is 7.09. The molecule has 0 aliphatic heterocycles. The molecule has 0 aromatic heterocycles. The van der Waals surface area contributed by atoms with Crippen molar-refractivity contribution in [1.29, 1.82) is 0 Å². The van der Waals surface area contributed by atoms with Crippen molar-refractivity contribution in [3.8, 4) is 0 Å². The molecule has 0 spiro atoms. The molecule has 1 rings (SSSR count). The molecule has 0 aliphatic carbocycles. The van der Waals surface area contributed by atoms with Gasteiger partial charge in [-0.25, -0.2) is 0 Å². The molecular weight excluding hydrogens is 277 g/mol. The van der Waals surface area contributed by atoms with E-state index < -0.39 is 0 Å². The number of rotatable bonds is 5. The molecular formula is C11H15BrClNO. The van der Waals surface area contributed by atoms with E-state index in [2.05, 4.69) is 21.2 Å². The van der Waals surface area contributed by atoms with E-state index >= 15 is 0 Å². The van der Waals surface area contributed by atoms with Crippen LogP contribution in [-0.4, -0.2) is 17.8 Å². The Bertz CT molecular complexity index is 317. The van der Waals surface area contributed by atoms with Gasteiger partial charge in [0, 0.05) is 16.0 Å². The Hall–Kier alpha value is -0.0900. The van der Waals surface area contributed by atoms with Crippen LogP contribution in [0.15, 0.2) is 22.7 Å². The third-order valence-corrected chi connectivity index (χ3v) is 2.91. The van der Waals surface area contributed by atoms with Crippen molar-refractivity contribution >= 4 is 27.5 Å². The highest BCUT2D eigenvalue weighted by molar-refractivity contribution is 9.10. The van der Waals surface area contributed by atoms with Gasteiger partial charge in [-0.2, -0.15) is 0 Å². The molecule has 0 heterocycles. The number of halogens is 2. The number of benzene rings is 1. The van der Waals surface area contributed by atoms with Gasteiger partial charge in [-0.05, 0) is 37.6 Å². The summed E-state index contributed by atoms with van der Waals surface area (Å²) in [5.41, 5.74) is 1.07. The van der Waals surface area contributed by atoms with E-state index in [1.54, 1.807) is 6.92 Å². The predicted octanol–water partition coefficient (Wildman–Crippen LogP) is 2.96. The lowest BCUT2D eigenvalue weighted by atomic mass is 10.2. The molecule has 0 bridgehead atoms. The van der Waals surface area contributed by atoms with Gasteiger partial charge in [0.1, 0.15) is 0 Å². The molecule has 0 fully saturated rings. The molecule has 2 nitrogen and oxygen atoms in total. The summed E-state index contributed by atoms with van der Waals surface area (Å²) in [5.74, 6) is 0. The zero-order valence-electron chi connectivity index (χ0n) is 8.63. The van der Waals surface area contributed by atoms with Gasteiger partial charge in [-0.3, -0.25) is 0 Å². The highest BCUT2D eigenvalue weighted by Crippen LogP contribution is 2.20. The van der Waals surface area contributed by atoms with Crippen molar-refractivity contribution in [2.75, 3.05) is 6.54 Å². The Morgan fingerprint density at radius 2 is 2.27 bits per heavy atom. The third kappa shape index (κ3) is 4.98. The van der Waals surface area contributed by atoms with E-state index in [9.17, 15) is 0 Å². The van der Waals surface area contributed by atoms with Crippen LogP contribution >= 0.6 is 27.5 Å². The van der Waals surface area contributed by atoms with Crippen molar-refractivity contribution in [1.82, 2.24) is 5.32 Å². The lowest BCUT2D eigenvalue weighted by molar-refractivity contribution is 0.183. The van der Waals surface area contributed by atoms with Gasteiger partial charge in [-0.1, -0.05) is 33.6 Å². The highest BCUT2D eigenvalue weighted by Gasteiger charge is 2.01. The first-order valence-corrected chi connectivity index (χ1v) is 6.09. The van der Waals surface area contributed by atoms with Crippen LogP contribution in [-0.2, 0) is 6.54 Å². The van der Waals surface area contributed by atoms with E-state index in [1.807, 2.05) is 18.2 Å². The van der Waals surface area contributed by atoms with Crippen LogP contribution in [0.5, 0.6) is 0 Å². The van der Waals surface area contributed by atoms with Crippen molar-refractivity contribution in [2.45, 2.75) is 26.0 Å². The van der Waals surface area contributed by atoms with Gasteiger partial charge in [0.2, 0.25) is 0 Å². The van der Waals surface area contributed by atoms with Crippen LogP contribution in [0.4, 0.5) is 0 Å². The summed E-state index contributed by atoms with van der Waals surface area (Å²) in [5, 5.41) is 13.1. The summed E-state index contributed by atoms with van der Waals surface area (Å²) >= 11 is 9.41. The molecule has 0 unspecified atom stereocenters. The average Bonchev–Trinajstić information content (AvgIpc) is 2.14. The van der Waals surface area contributed by atoms with Gasteiger partial charge in [0.25, 0.3) is 0 Å². The number of aliphatic hydroxyl groups excluding tert-OH is 1. The van der Waals surface area contributed by atoms with Gasteiger partial charge in [0.05, 0.1) is 6.10 Å². The zero-order chi connectivity index (χ0) is 11.3. The lowest BCUT2D eigenvalue weighted by Crippen LogP contribution is -2.18. The van der Waals surface area contributed by atoms with Crippen molar-refractivity contribution in [3.63, 3.8) is 0 Å². The zero-order valence-corrected chi connectivity index (χ0v) is 11.0. The Kier molecular flexibility index (Phi) is 5.61. The van der Waals surface area contributed by atoms with Crippen molar-refractivity contribution in [3.05, 3.63) is 33.3 Å². The second-order valence-corrected chi connectivity index (χ2v) is 4.87. The van der Waals surface area contributed by atoms with Gasteiger partial charge in [-0.15, -0.1) is 0 Å². The first-order valence-electron chi connectivity index (χ1n) is 4.92. The monoisotopic (exact) mass is 291 g/mol. The Balaban J connectivity index is 2.37. The molecule has 0 amide bonds. The maximum absolute atomic E-state index is 9.07. The Morgan fingerprint density at radius 1 is 1.53 bits per heavy atom. The first kappa shape index (κ1) is 13.0. The number of hydrogen-bond acceptors (Lipinski definition) is 2. The smallest absolute Gasteiger partial charge is 0.0524 e. The number of hydrogen-bond donors (Lipinski definition) is 2. The summed E-state index contributed by atoms with van der Waals surface area (Å²) in [7, 11) is 0. The summed E-state index contributed by atoms with van der Waals surface area (Å²) in [6.07, 6.45) is 0.506. The molecule has 1 atom stereocenters. The van der Waals surface area contributed by atoms with E-state index in [-0.39, 0.29) is 6.10 Å². The molecule has 84 valence electrons. The molecule has 1 aromatic carbocycles. The second kappa shape index (κ2) is 6.48. The number of nitrogens with one attached hydrogen (secondary N) is 1. The minimum Gasteiger partial charge on any atom is -0.393 e. The minimum absolute atomic E-state index is 0.252. The predicted molar refractivity (Wildman–Crippen MR) is 67.2 cm³/mol. The summed E-state index contributed by atoms with van der Waals surface area (Å²) in [6.45, 7) is 3.32. The summed E-state index contributed by atoms with van der Waals surface area (Å²) in [6, 6.07) is 5.84. The van der Waals surface area contributed by atoms with Crippen LogP contribution in [0.25, 0.3) is 0 Å². The van der Waals surface area contributed by atoms with E-state index in [0.717, 1.165) is 34.6 Å². The number of aliphatic hydroxyl groups is 1. The Morgan fingerprint density at radius 3 is 2.87 bits per heavy atom. The van der Waals surface area contributed by atoms with Crippen LogP contribution < -0.4 is 5.32 Å². The fraction of sp³-hybridized carbons (Fsp3) is 0.455. The van der Waals surface area contributed by atoms with Gasteiger partial charge in [0.15, 0.2) is 0 Å². The molecule has 0 aliphatic rings. The average molecular weight is 293 g/mol. The fourth-order valence-corrected chi connectivity index (χ4v) is 1.94. The van der Waals surface area contributed by atoms with E-state index in [4.69, 9.17) is 16.7 Å². The lowest BCUT2D eigenvalue weighted by Gasteiger charge is -2.08. The van der Waals surface area contributed by atoms with Crippen LogP contribution in [0.2, 0.25) is 5.02 Å². The fourth-order valence-electron chi connectivity index (χ4n) is 1.20. The SMILES string of the molecule is C[C@H](O)CCNCc1ccc(Br)cc1Cl. The van der Waals surface area contributed by atoms with Crippen LogP contribution in [0.1, 0.15) is 18.9 Å². The van der Waals surface area contributed by atoms with Crippen LogP contribution in [0, 0.1) is 0 Å². The molecule has 0 saturated carbocycles. The highest BCUT2D eigenvalue weighted by atomic mass is 79.9.